The first-order valence-corrected chi connectivity index (χ1v) is 10.3. The van der Waals surface area contributed by atoms with Crippen LogP contribution in [-0.4, -0.2) is 25.1 Å². The first-order chi connectivity index (χ1) is 13.0. The standard InChI is InChI=1S/C20H17BrINO4/c1-3-25-17-8-5-12(10-18(17)26-4-2)9-16-20(24)27-19(23-16)13-6-7-15(22)14(21)11-13/h5-11H,3-4H2,1-2H3/b16-9-. The van der Waals surface area contributed by atoms with Crippen molar-refractivity contribution in [3.8, 4) is 11.5 Å². The van der Waals surface area contributed by atoms with Crippen molar-refractivity contribution in [3.05, 3.63) is 61.3 Å². The lowest BCUT2D eigenvalue weighted by molar-refractivity contribution is -0.129. The highest BCUT2D eigenvalue weighted by Gasteiger charge is 2.24. The van der Waals surface area contributed by atoms with E-state index in [9.17, 15) is 4.79 Å². The number of hydrogen-bond donors (Lipinski definition) is 0. The number of carbonyl (C=O) groups is 1. The number of aliphatic imine (C=N–C) groups is 1. The number of benzene rings is 2. The minimum absolute atomic E-state index is 0.242. The van der Waals surface area contributed by atoms with Gasteiger partial charge in [0.15, 0.2) is 17.2 Å². The molecular weight excluding hydrogens is 525 g/mol. The molecule has 0 saturated carbocycles. The Kier molecular flexibility index (Phi) is 6.54. The van der Waals surface area contributed by atoms with Crippen molar-refractivity contribution in [2.45, 2.75) is 13.8 Å². The molecule has 0 unspecified atom stereocenters. The van der Waals surface area contributed by atoms with Crippen LogP contribution in [-0.2, 0) is 9.53 Å². The summed E-state index contributed by atoms with van der Waals surface area (Å²) in [6.45, 7) is 4.89. The molecule has 0 aliphatic carbocycles. The Morgan fingerprint density at radius 1 is 1.11 bits per heavy atom. The van der Waals surface area contributed by atoms with Crippen LogP contribution in [0.2, 0.25) is 0 Å². The molecule has 0 N–H and O–H groups in total. The molecule has 140 valence electrons. The maximum atomic E-state index is 12.2. The molecule has 0 amide bonds. The topological polar surface area (TPSA) is 57.1 Å². The maximum absolute atomic E-state index is 12.2. The van der Waals surface area contributed by atoms with Crippen LogP contribution in [0.15, 0.2) is 51.6 Å². The minimum atomic E-state index is -0.480. The summed E-state index contributed by atoms with van der Waals surface area (Å²) in [7, 11) is 0. The van der Waals surface area contributed by atoms with Crippen molar-refractivity contribution in [2.75, 3.05) is 13.2 Å². The van der Waals surface area contributed by atoms with Crippen LogP contribution in [0.5, 0.6) is 11.5 Å². The van der Waals surface area contributed by atoms with Crippen LogP contribution in [0.1, 0.15) is 25.0 Å². The van der Waals surface area contributed by atoms with Crippen molar-refractivity contribution in [2.24, 2.45) is 4.99 Å². The molecule has 0 radical (unpaired) electrons. The van der Waals surface area contributed by atoms with E-state index in [1.54, 1.807) is 6.08 Å². The first-order valence-electron chi connectivity index (χ1n) is 8.39. The molecule has 0 bridgehead atoms. The fourth-order valence-corrected chi connectivity index (χ4v) is 3.19. The zero-order valence-electron chi connectivity index (χ0n) is 14.8. The quantitative estimate of drug-likeness (QED) is 0.287. The second kappa shape index (κ2) is 8.88. The summed E-state index contributed by atoms with van der Waals surface area (Å²) in [5, 5.41) is 0. The number of rotatable bonds is 6. The zero-order chi connectivity index (χ0) is 19.4. The fourth-order valence-electron chi connectivity index (χ4n) is 2.48. The minimum Gasteiger partial charge on any atom is -0.490 e. The molecule has 0 atom stereocenters. The second-order valence-electron chi connectivity index (χ2n) is 5.54. The third-order valence-corrected chi connectivity index (χ3v) is 6.00. The average Bonchev–Trinajstić information content (AvgIpc) is 3.00. The predicted octanol–water partition coefficient (Wildman–Crippen LogP) is 5.20. The van der Waals surface area contributed by atoms with Crippen LogP contribution in [0.25, 0.3) is 6.08 Å². The van der Waals surface area contributed by atoms with Gasteiger partial charge in [-0.3, -0.25) is 0 Å². The summed E-state index contributed by atoms with van der Waals surface area (Å²) in [5.74, 6) is 1.11. The highest BCUT2D eigenvalue weighted by Crippen LogP contribution is 2.30. The summed E-state index contributed by atoms with van der Waals surface area (Å²) >= 11 is 5.69. The normalized spacial score (nSPS) is 14.9. The number of hydrogen-bond acceptors (Lipinski definition) is 5. The number of nitrogens with zero attached hydrogens (tertiary/aromatic N) is 1. The van der Waals surface area contributed by atoms with Gasteiger partial charge in [0.05, 0.1) is 13.2 Å². The van der Waals surface area contributed by atoms with Gasteiger partial charge >= 0.3 is 5.97 Å². The molecule has 1 aliphatic heterocycles. The van der Waals surface area contributed by atoms with Gasteiger partial charge < -0.3 is 14.2 Å². The molecule has 0 aromatic heterocycles. The van der Waals surface area contributed by atoms with E-state index in [1.165, 1.54) is 0 Å². The zero-order valence-corrected chi connectivity index (χ0v) is 18.5. The lowest BCUT2D eigenvalue weighted by atomic mass is 10.1. The predicted molar refractivity (Wildman–Crippen MR) is 116 cm³/mol. The molecular formula is C20H17BrINO4. The van der Waals surface area contributed by atoms with Crippen molar-refractivity contribution >= 4 is 56.5 Å². The molecule has 5 nitrogen and oxygen atoms in total. The highest BCUT2D eigenvalue weighted by molar-refractivity contribution is 14.1. The summed E-state index contributed by atoms with van der Waals surface area (Å²) in [6, 6.07) is 11.2. The molecule has 2 aromatic carbocycles. The van der Waals surface area contributed by atoms with E-state index in [0.29, 0.717) is 30.6 Å². The Morgan fingerprint density at radius 3 is 2.56 bits per heavy atom. The van der Waals surface area contributed by atoms with Crippen LogP contribution >= 0.6 is 38.5 Å². The average molecular weight is 542 g/mol. The SMILES string of the molecule is CCOc1ccc(/C=C2\N=C(c3ccc(I)c(Br)c3)OC2=O)cc1OCC. The van der Waals surface area contributed by atoms with E-state index in [0.717, 1.165) is 19.2 Å². The number of ether oxygens (including phenoxy) is 3. The van der Waals surface area contributed by atoms with E-state index >= 15 is 0 Å². The van der Waals surface area contributed by atoms with Crippen LogP contribution < -0.4 is 9.47 Å². The molecule has 1 aliphatic rings. The third-order valence-electron chi connectivity index (χ3n) is 3.66. The summed E-state index contributed by atoms with van der Waals surface area (Å²) in [5.41, 5.74) is 1.76. The Bertz CT molecular complexity index is 940. The number of carbonyl (C=O) groups excluding carboxylic acids is 1. The van der Waals surface area contributed by atoms with E-state index in [-0.39, 0.29) is 5.70 Å². The van der Waals surface area contributed by atoms with Gasteiger partial charge in [0.2, 0.25) is 5.90 Å². The van der Waals surface area contributed by atoms with Gasteiger partial charge in [-0.05, 0) is 94.3 Å². The van der Waals surface area contributed by atoms with Gasteiger partial charge in [0, 0.05) is 13.6 Å². The molecule has 2 aromatic rings. The molecule has 0 spiro atoms. The molecule has 0 saturated heterocycles. The largest absolute Gasteiger partial charge is 0.490 e. The van der Waals surface area contributed by atoms with Gasteiger partial charge in [-0.15, -0.1) is 0 Å². The number of cyclic esters (lactones) is 1. The van der Waals surface area contributed by atoms with Crippen LogP contribution in [0.4, 0.5) is 0 Å². The Labute approximate surface area is 179 Å². The maximum Gasteiger partial charge on any atom is 0.363 e. The third kappa shape index (κ3) is 4.70. The van der Waals surface area contributed by atoms with Crippen molar-refractivity contribution in [3.63, 3.8) is 0 Å². The molecule has 7 heteroatoms. The Balaban J connectivity index is 1.92. The van der Waals surface area contributed by atoms with Gasteiger partial charge in [0.1, 0.15) is 0 Å². The van der Waals surface area contributed by atoms with Gasteiger partial charge in [-0.2, -0.15) is 0 Å². The van der Waals surface area contributed by atoms with Crippen LogP contribution in [0.3, 0.4) is 0 Å². The van der Waals surface area contributed by atoms with E-state index in [1.807, 2.05) is 50.2 Å². The van der Waals surface area contributed by atoms with Crippen LogP contribution in [0, 0.1) is 3.57 Å². The lowest BCUT2D eigenvalue weighted by Gasteiger charge is -2.11. The summed E-state index contributed by atoms with van der Waals surface area (Å²) < 4.78 is 18.5. The smallest absolute Gasteiger partial charge is 0.363 e. The molecule has 27 heavy (non-hydrogen) atoms. The number of halogens is 2. The Hall–Kier alpha value is -1.87. The number of esters is 1. The van der Waals surface area contributed by atoms with E-state index in [4.69, 9.17) is 14.2 Å². The van der Waals surface area contributed by atoms with Crippen molar-refractivity contribution < 1.29 is 19.0 Å². The van der Waals surface area contributed by atoms with Crippen molar-refractivity contribution in [1.29, 1.82) is 0 Å². The van der Waals surface area contributed by atoms with E-state index in [2.05, 4.69) is 43.5 Å². The molecule has 3 rings (SSSR count). The summed E-state index contributed by atoms with van der Waals surface area (Å²) in [4.78, 5) is 16.6. The molecule has 1 heterocycles. The van der Waals surface area contributed by atoms with Gasteiger partial charge in [-0.1, -0.05) is 6.07 Å². The fraction of sp³-hybridized carbons (Fsp3) is 0.200. The second-order valence-corrected chi connectivity index (χ2v) is 7.55. The first kappa shape index (κ1) is 19.9. The monoisotopic (exact) mass is 541 g/mol. The highest BCUT2D eigenvalue weighted by atomic mass is 127. The lowest BCUT2D eigenvalue weighted by Crippen LogP contribution is -2.05. The Morgan fingerprint density at radius 2 is 1.85 bits per heavy atom. The van der Waals surface area contributed by atoms with Crippen molar-refractivity contribution in [1.82, 2.24) is 0 Å². The summed E-state index contributed by atoms with van der Waals surface area (Å²) in [6.07, 6.45) is 1.68. The van der Waals surface area contributed by atoms with E-state index < -0.39 is 5.97 Å². The molecule has 0 fully saturated rings. The van der Waals surface area contributed by atoms with Gasteiger partial charge in [-0.25, -0.2) is 9.79 Å². The van der Waals surface area contributed by atoms with Gasteiger partial charge in [0.25, 0.3) is 0 Å².